The van der Waals surface area contributed by atoms with Crippen LogP contribution < -0.4 is 15.4 Å². The van der Waals surface area contributed by atoms with E-state index in [0.29, 0.717) is 17.3 Å². The predicted octanol–water partition coefficient (Wildman–Crippen LogP) is 1.19. The SMILES string of the molecule is CC(C)NC(=O)CNCC(O)COc1ccc(Cl)cc1. The van der Waals surface area contributed by atoms with Crippen molar-refractivity contribution in [1.82, 2.24) is 10.6 Å². The Bertz CT molecular complexity index is 409. The first-order valence-electron chi connectivity index (χ1n) is 6.54. The van der Waals surface area contributed by atoms with Gasteiger partial charge in [0.25, 0.3) is 0 Å². The maximum absolute atomic E-state index is 11.3. The quantitative estimate of drug-likeness (QED) is 0.674. The Hall–Kier alpha value is -1.30. The number of amides is 1. The van der Waals surface area contributed by atoms with Crippen molar-refractivity contribution in [3.63, 3.8) is 0 Å². The highest BCUT2D eigenvalue weighted by atomic mass is 35.5. The van der Waals surface area contributed by atoms with Crippen molar-refractivity contribution in [2.75, 3.05) is 19.7 Å². The Morgan fingerprint density at radius 1 is 1.35 bits per heavy atom. The first-order valence-corrected chi connectivity index (χ1v) is 6.91. The standard InChI is InChI=1S/C14H21ClN2O3/c1-10(2)17-14(19)8-16-7-12(18)9-20-13-5-3-11(15)4-6-13/h3-6,10,12,16,18H,7-9H2,1-2H3,(H,17,19). The maximum atomic E-state index is 11.3. The molecule has 112 valence electrons. The minimum atomic E-state index is -0.683. The van der Waals surface area contributed by atoms with Crippen molar-refractivity contribution in [2.24, 2.45) is 0 Å². The van der Waals surface area contributed by atoms with Crippen molar-refractivity contribution in [1.29, 1.82) is 0 Å². The lowest BCUT2D eigenvalue weighted by Gasteiger charge is -2.14. The van der Waals surface area contributed by atoms with Crippen LogP contribution in [0.25, 0.3) is 0 Å². The largest absolute Gasteiger partial charge is 0.491 e. The number of carbonyl (C=O) groups is 1. The number of aliphatic hydroxyl groups is 1. The molecule has 20 heavy (non-hydrogen) atoms. The first kappa shape index (κ1) is 16.8. The first-order chi connectivity index (χ1) is 9.47. The number of rotatable bonds is 8. The van der Waals surface area contributed by atoms with Crippen LogP contribution in [0.2, 0.25) is 5.02 Å². The van der Waals surface area contributed by atoms with Crippen LogP contribution in [0.3, 0.4) is 0 Å². The van der Waals surface area contributed by atoms with Crippen LogP contribution in [-0.2, 0) is 4.79 Å². The fourth-order valence-electron chi connectivity index (χ4n) is 1.51. The van der Waals surface area contributed by atoms with E-state index in [4.69, 9.17) is 16.3 Å². The normalized spacial score (nSPS) is 12.2. The van der Waals surface area contributed by atoms with E-state index < -0.39 is 6.10 Å². The molecule has 1 atom stereocenters. The number of hydrogen-bond acceptors (Lipinski definition) is 4. The molecule has 6 heteroatoms. The molecule has 5 nitrogen and oxygen atoms in total. The maximum Gasteiger partial charge on any atom is 0.234 e. The third-order valence-corrected chi connectivity index (χ3v) is 2.62. The zero-order valence-corrected chi connectivity index (χ0v) is 12.5. The molecule has 1 amide bonds. The number of ether oxygens (including phenoxy) is 1. The number of nitrogens with one attached hydrogen (secondary N) is 2. The number of benzene rings is 1. The van der Waals surface area contributed by atoms with Gasteiger partial charge in [0, 0.05) is 17.6 Å². The minimum Gasteiger partial charge on any atom is -0.491 e. The zero-order valence-electron chi connectivity index (χ0n) is 11.7. The Labute approximate surface area is 124 Å². The molecule has 1 unspecified atom stereocenters. The van der Waals surface area contributed by atoms with Gasteiger partial charge in [-0.25, -0.2) is 0 Å². The summed E-state index contributed by atoms with van der Waals surface area (Å²) in [4.78, 5) is 11.3. The molecule has 3 N–H and O–H groups in total. The third kappa shape index (κ3) is 7.33. The van der Waals surface area contributed by atoms with Gasteiger partial charge in [-0.05, 0) is 38.1 Å². The van der Waals surface area contributed by atoms with Crippen molar-refractivity contribution in [3.05, 3.63) is 29.3 Å². The molecule has 1 aromatic carbocycles. The van der Waals surface area contributed by atoms with Gasteiger partial charge in [0.15, 0.2) is 0 Å². The van der Waals surface area contributed by atoms with Gasteiger partial charge in [-0.3, -0.25) is 4.79 Å². The van der Waals surface area contributed by atoms with E-state index in [-0.39, 0.29) is 25.1 Å². The molecule has 0 fully saturated rings. The van der Waals surface area contributed by atoms with Crippen LogP contribution in [-0.4, -0.2) is 42.9 Å². The fourth-order valence-corrected chi connectivity index (χ4v) is 1.63. The monoisotopic (exact) mass is 300 g/mol. The Morgan fingerprint density at radius 2 is 2.00 bits per heavy atom. The number of hydrogen-bond donors (Lipinski definition) is 3. The van der Waals surface area contributed by atoms with E-state index >= 15 is 0 Å². The summed E-state index contributed by atoms with van der Waals surface area (Å²) in [6, 6.07) is 7.02. The van der Waals surface area contributed by atoms with Gasteiger partial charge in [0.1, 0.15) is 18.5 Å². The number of carbonyl (C=O) groups excluding carboxylic acids is 1. The lowest BCUT2D eigenvalue weighted by Crippen LogP contribution is -2.41. The molecule has 0 radical (unpaired) electrons. The fraction of sp³-hybridized carbons (Fsp3) is 0.500. The van der Waals surface area contributed by atoms with Crippen molar-refractivity contribution in [2.45, 2.75) is 26.0 Å². The molecule has 0 aromatic heterocycles. The van der Waals surface area contributed by atoms with Gasteiger partial charge in [0.2, 0.25) is 5.91 Å². The van der Waals surface area contributed by atoms with Crippen LogP contribution in [0.15, 0.2) is 24.3 Å². The molecule has 0 aliphatic carbocycles. The van der Waals surface area contributed by atoms with Crippen LogP contribution >= 0.6 is 11.6 Å². The molecule has 0 saturated heterocycles. The summed E-state index contributed by atoms with van der Waals surface area (Å²) in [7, 11) is 0. The highest BCUT2D eigenvalue weighted by molar-refractivity contribution is 6.30. The van der Waals surface area contributed by atoms with Gasteiger partial charge in [0.05, 0.1) is 6.54 Å². The lowest BCUT2D eigenvalue weighted by molar-refractivity contribution is -0.120. The van der Waals surface area contributed by atoms with Gasteiger partial charge in [-0.2, -0.15) is 0 Å². The topological polar surface area (TPSA) is 70.6 Å². The molecule has 0 aliphatic heterocycles. The predicted molar refractivity (Wildman–Crippen MR) is 79.1 cm³/mol. The van der Waals surface area contributed by atoms with E-state index in [2.05, 4.69) is 10.6 Å². The zero-order chi connectivity index (χ0) is 15.0. The summed E-state index contributed by atoms with van der Waals surface area (Å²) >= 11 is 5.76. The van der Waals surface area contributed by atoms with E-state index in [9.17, 15) is 9.90 Å². The lowest BCUT2D eigenvalue weighted by atomic mass is 10.3. The number of halogens is 1. The average Bonchev–Trinajstić information content (AvgIpc) is 2.37. The number of aliphatic hydroxyl groups excluding tert-OH is 1. The molecule has 0 saturated carbocycles. The summed E-state index contributed by atoms with van der Waals surface area (Å²) in [5.41, 5.74) is 0. The molecule has 0 spiro atoms. The molecule has 0 bridgehead atoms. The Kier molecular flexibility index (Phi) is 7.36. The second-order valence-corrected chi connectivity index (χ2v) is 5.21. The summed E-state index contributed by atoms with van der Waals surface area (Å²) in [6.07, 6.45) is -0.683. The summed E-state index contributed by atoms with van der Waals surface area (Å²) in [6.45, 7) is 4.41. The van der Waals surface area contributed by atoms with Crippen molar-refractivity contribution >= 4 is 17.5 Å². The van der Waals surface area contributed by atoms with Crippen LogP contribution in [0.5, 0.6) is 5.75 Å². The average molecular weight is 301 g/mol. The molecular weight excluding hydrogens is 280 g/mol. The van der Waals surface area contributed by atoms with Crippen LogP contribution in [0.4, 0.5) is 0 Å². The van der Waals surface area contributed by atoms with Gasteiger partial charge in [-0.1, -0.05) is 11.6 Å². The van der Waals surface area contributed by atoms with Gasteiger partial charge >= 0.3 is 0 Å². The van der Waals surface area contributed by atoms with Crippen molar-refractivity contribution in [3.8, 4) is 5.75 Å². The summed E-state index contributed by atoms with van der Waals surface area (Å²) < 4.78 is 5.40. The second-order valence-electron chi connectivity index (χ2n) is 4.77. The van der Waals surface area contributed by atoms with Crippen LogP contribution in [0.1, 0.15) is 13.8 Å². The van der Waals surface area contributed by atoms with Gasteiger partial charge in [-0.15, -0.1) is 0 Å². The Morgan fingerprint density at radius 3 is 2.60 bits per heavy atom. The highest BCUT2D eigenvalue weighted by Gasteiger charge is 2.07. The van der Waals surface area contributed by atoms with E-state index in [1.807, 2.05) is 13.8 Å². The third-order valence-electron chi connectivity index (χ3n) is 2.37. The molecule has 1 aromatic rings. The Balaban J connectivity index is 2.15. The van der Waals surface area contributed by atoms with E-state index in [0.717, 1.165) is 0 Å². The van der Waals surface area contributed by atoms with Crippen molar-refractivity contribution < 1.29 is 14.6 Å². The molecule has 1 rings (SSSR count). The molecular formula is C14H21ClN2O3. The van der Waals surface area contributed by atoms with Gasteiger partial charge < -0.3 is 20.5 Å². The molecule has 0 heterocycles. The van der Waals surface area contributed by atoms with E-state index in [1.165, 1.54) is 0 Å². The summed E-state index contributed by atoms with van der Waals surface area (Å²) in [5.74, 6) is 0.553. The summed E-state index contributed by atoms with van der Waals surface area (Å²) in [5, 5.41) is 16.0. The minimum absolute atomic E-state index is 0.0918. The van der Waals surface area contributed by atoms with E-state index in [1.54, 1.807) is 24.3 Å². The smallest absolute Gasteiger partial charge is 0.234 e. The van der Waals surface area contributed by atoms with Crippen LogP contribution in [0, 0.1) is 0 Å². The highest BCUT2D eigenvalue weighted by Crippen LogP contribution is 2.15. The molecule has 0 aliphatic rings. The second kappa shape index (κ2) is 8.79.